The second-order valence-electron chi connectivity index (χ2n) is 6.23. The quantitative estimate of drug-likeness (QED) is 0.293. The van der Waals surface area contributed by atoms with Crippen LogP contribution in [0, 0.1) is 264 Å². The van der Waals surface area contributed by atoms with Gasteiger partial charge in [0.05, 0.1) is 0 Å². The van der Waals surface area contributed by atoms with Gasteiger partial charge in [-0.2, -0.15) is 0 Å². The fraction of sp³-hybridized carbons (Fsp3) is 0.167. The number of hydrogen-bond acceptors (Lipinski definition) is 2. The molecule has 2 aromatic carbocycles. The molecule has 0 saturated carbocycles. The third kappa shape index (κ3) is 5.39. The van der Waals surface area contributed by atoms with Crippen LogP contribution >= 0.6 is 0 Å². The van der Waals surface area contributed by atoms with Crippen molar-refractivity contribution in [3.63, 3.8) is 0 Å². The van der Waals surface area contributed by atoms with Crippen molar-refractivity contribution in [3.05, 3.63) is 5.56 Å². The van der Waals surface area contributed by atoms with Crippen LogP contribution in [0.25, 0.3) is 10.8 Å². The molecular weight excluding hydrogens is 1560 g/mol. The Labute approximate surface area is 301 Å². The van der Waals surface area contributed by atoms with E-state index in [0.717, 1.165) is 4.90 Å². The molecule has 0 aliphatic carbocycles. The number of sulfone groups is 1. The third-order valence-corrected chi connectivity index (χ3v) is 109. The Morgan fingerprint density at radius 3 is 1.52 bits per heavy atom. The molecule has 9 heteroatoms. The molecule has 2 nitrogen and oxygen atoms in total. The van der Waals surface area contributed by atoms with Gasteiger partial charge >= 0.3 is 313 Å². The van der Waals surface area contributed by atoms with E-state index in [-0.39, 0.29) is 128 Å². The zero-order valence-electron chi connectivity index (χ0n) is 14.2. The van der Waals surface area contributed by atoms with Crippen LogP contribution in [-0.2, 0) is 9.84 Å². The Morgan fingerprint density at radius 1 is 0.667 bits per heavy atom. The molecule has 0 spiro atoms. The maximum atomic E-state index is 12.5. The number of hydrogen-bond donors (Lipinski definition) is 0. The first-order valence-electron chi connectivity index (χ1n) is 7.20. The van der Waals surface area contributed by atoms with Crippen LogP contribution < -0.4 is 3.63 Å². The fourth-order valence-corrected chi connectivity index (χ4v) is 45.1. The summed E-state index contributed by atoms with van der Waals surface area (Å²) < 4.78 is 34.7. The Balaban J connectivity index is 3.35. The summed E-state index contributed by atoms with van der Waals surface area (Å²) in [7, 11) is -3.07. The van der Waals surface area contributed by atoms with Crippen LogP contribution in [0.15, 0.2) is 4.90 Å². The molecule has 2 rings (SSSR count). The van der Waals surface area contributed by atoms with Crippen molar-refractivity contribution in [3.8, 4) is 0 Å². The van der Waals surface area contributed by atoms with Crippen molar-refractivity contribution in [1.82, 2.24) is 0 Å². The molecule has 0 N–H and O–H groups in total. The maximum absolute atomic E-state index is 12.5. The van der Waals surface area contributed by atoms with Gasteiger partial charge in [-0.3, -0.25) is 0 Å². The van der Waals surface area contributed by atoms with Crippen LogP contribution in [0.4, 0.5) is 0 Å². The predicted molar refractivity (Wildman–Crippen MR) is 68.0 cm³/mol. The van der Waals surface area contributed by atoms with Crippen LogP contribution in [-0.4, -0.2) is 14.7 Å². The van der Waals surface area contributed by atoms with Gasteiger partial charge in [0.25, 0.3) is 0 Å². The van der Waals surface area contributed by atoms with Crippen LogP contribution in [0.1, 0.15) is 5.56 Å². The molecule has 0 fully saturated rings. The van der Waals surface area contributed by atoms with Crippen molar-refractivity contribution in [1.29, 1.82) is 0 Å². The molecule has 0 heterocycles. The van der Waals surface area contributed by atoms with E-state index in [1.807, 2.05) is 0 Å². The third-order valence-electron chi connectivity index (χ3n) is 5.13. The molecule has 0 saturated heterocycles. The summed E-state index contributed by atoms with van der Waals surface area (Å²) in [5.74, 6) is 0. The first-order valence-corrected chi connectivity index (χ1v) is 33.7. The summed E-state index contributed by atoms with van der Waals surface area (Å²) in [5.41, 5.74) is 1.51. The minimum absolute atomic E-state index is 0.104. The van der Waals surface area contributed by atoms with E-state index >= 15 is 0 Å². The number of aryl methyl sites for hydroxylation is 1. The molecule has 0 unspecified atom stereocenters. The van der Waals surface area contributed by atoms with Crippen molar-refractivity contribution in [2.45, 2.75) is 11.8 Å². The molecule has 0 amide bonds. The van der Waals surface area contributed by atoms with Gasteiger partial charge < -0.3 is 0 Å². The molecule has 0 aromatic heterocycles. The molecule has 0 bridgehead atoms. The van der Waals surface area contributed by atoms with E-state index in [9.17, 15) is 8.42 Å². The van der Waals surface area contributed by atoms with Crippen LogP contribution in [0.5, 0.6) is 0 Å². The standard InChI is InChI=1S/C12H6O2S.6Ra.6H/c1-9-7-8-12(15(2,13)14)11-6-4-3-5-10(9)11;;;;;;;;;;;;/h1-2H3;;;;;;;;;;;;. The molecule has 0 aliphatic heterocycles. The molecule has 21 heavy (non-hydrogen) atoms. The van der Waals surface area contributed by atoms with Crippen LogP contribution in [0.3, 0.4) is 0 Å². The SMILES string of the molecule is Cc1[c]([RaH])[c]([RaH])c(S(C)(=O)=O)c2[c]([RaH])[c]([RaH])[c]([RaH])[c]([RaH])c12. The monoisotopic (exact) mass is 1580 g/mol. The number of fused-ring (bicyclic) bond motifs is 1. The first kappa shape index (κ1) is 24.7. The normalized spacial score (nSPS) is 11.6. The molecule has 2 aromatic rings. The Kier molecular flexibility index (Phi) is 12.0. The summed E-state index contributed by atoms with van der Waals surface area (Å²) in [6.45, 7) is 2.30. The van der Waals surface area contributed by atoms with Gasteiger partial charge in [0.1, 0.15) is 0 Å². The van der Waals surface area contributed by atoms with E-state index in [1.165, 1.54) is 23.8 Å². The van der Waals surface area contributed by atoms with Crippen molar-refractivity contribution < 1.29 is 265 Å². The molecule has 0 aliphatic rings. The van der Waals surface area contributed by atoms with Gasteiger partial charge in [-0.15, -0.1) is 0 Å². The van der Waals surface area contributed by atoms with Crippen molar-refractivity contribution in [2.75, 3.05) is 6.26 Å². The van der Waals surface area contributed by atoms with E-state index in [2.05, 4.69) is 6.92 Å². The zero-order chi connectivity index (χ0) is 16.3. The Bertz CT molecular complexity index is 881. The Morgan fingerprint density at radius 2 is 1.10 bits per heavy atom. The van der Waals surface area contributed by atoms with Gasteiger partial charge in [0, 0.05) is 0 Å². The van der Waals surface area contributed by atoms with Crippen molar-refractivity contribution in [2.24, 2.45) is 0 Å². The molecule has 0 atom stereocenters. The summed E-state index contributed by atoms with van der Waals surface area (Å²) >= 11 is 1.68. The van der Waals surface area contributed by atoms with Gasteiger partial charge in [-0.05, 0) is 0 Å². The summed E-state index contributed by atoms with van der Waals surface area (Å²) in [4.78, 5) is 0.820. The van der Waals surface area contributed by atoms with Gasteiger partial charge in [0.2, 0.25) is 0 Å². The van der Waals surface area contributed by atoms with Gasteiger partial charge in [-0.1, -0.05) is 0 Å². The van der Waals surface area contributed by atoms with Crippen molar-refractivity contribution >= 4 is 24.2 Å². The average Bonchev–Trinajstić information content (AvgIpc) is 2.38. The minimum atomic E-state index is -3.07. The average molecular weight is 1580 g/mol. The van der Waals surface area contributed by atoms with E-state index in [0.29, 0.717) is 128 Å². The zero-order valence-corrected chi connectivity index (χ0v) is 64.4. The second-order valence-corrected chi connectivity index (χ2v) is 32.8. The summed E-state index contributed by atoms with van der Waals surface area (Å²) in [6, 6.07) is 0. The summed E-state index contributed by atoms with van der Waals surface area (Å²) in [5, 5.41) is 2.72. The van der Waals surface area contributed by atoms with Gasteiger partial charge in [-0.25, -0.2) is 0 Å². The van der Waals surface area contributed by atoms with Gasteiger partial charge in [0.15, 0.2) is 0 Å². The topological polar surface area (TPSA) is 34.1 Å². The van der Waals surface area contributed by atoms with E-state index in [4.69, 9.17) is 0 Å². The van der Waals surface area contributed by atoms with Crippen LogP contribution in [0.2, 0.25) is 0 Å². The summed E-state index contributed by atoms with van der Waals surface area (Å²) in [6.07, 6.45) is 1.45. The predicted octanol–water partition coefficient (Wildman–Crippen LogP) is -4.01. The van der Waals surface area contributed by atoms with E-state index < -0.39 is 9.84 Å². The molecule has 90 valence electrons. The molecular formula is C12H12O2Ra6S. The number of rotatable bonds is 1. The second kappa shape index (κ2) is 10.2. The molecule has 0 radical (unpaired) electrons. The van der Waals surface area contributed by atoms with E-state index in [1.54, 1.807) is 2.42 Å². The fourth-order valence-electron chi connectivity index (χ4n) is 3.36. The number of benzene rings is 2. The Hall–Kier alpha value is 7.46. The first-order chi connectivity index (χ1) is 9.50.